The first-order valence-electron chi connectivity index (χ1n) is 7.15. The fraction of sp³-hybridized carbons (Fsp3) is 0.278. The quantitative estimate of drug-likeness (QED) is 0.880. The zero-order valence-corrected chi connectivity index (χ0v) is 12.5. The fourth-order valence-electron chi connectivity index (χ4n) is 2.14. The molecule has 3 heteroatoms. The zero-order valence-electron chi connectivity index (χ0n) is 12.5. The lowest BCUT2D eigenvalue weighted by molar-refractivity contribution is 0.302. The number of hydrogen-bond acceptors (Lipinski definition) is 3. The molecule has 1 N–H and O–H groups in total. The van der Waals surface area contributed by atoms with E-state index in [4.69, 9.17) is 10.00 Å². The van der Waals surface area contributed by atoms with Crippen LogP contribution >= 0.6 is 0 Å². The van der Waals surface area contributed by atoms with E-state index in [-0.39, 0.29) is 0 Å². The predicted octanol–water partition coefficient (Wildman–Crippen LogP) is 3.56. The summed E-state index contributed by atoms with van der Waals surface area (Å²) < 4.78 is 5.93. The summed E-state index contributed by atoms with van der Waals surface area (Å²) in [6.07, 6.45) is 0. The number of ether oxygens (including phenoxy) is 1. The highest BCUT2D eigenvalue weighted by molar-refractivity contribution is 5.37. The molecule has 0 aromatic heterocycles. The van der Waals surface area contributed by atoms with Crippen LogP contribution in [-0.2, 0) is 13.2 Å². The van der Waals surface area contributed by atoms with Gasteiger partial charge in [0.2, 0.25) is 0 Å². The van der Waals surface area contributed by atoms with Crippen LogP contribution in [0.3, 0.4) is 0 Å². The van der Waals surface area contributed by atoms with Crippen LogP contribution in [-0.4, -0.2) is 6.54 Å². The molecule has 0 saturated carbocycles. The molecule has 21 heavy (non-hydrogen) atoms. The van der Waals surface area contributed by atoms with Crippen molar-refractivity contribution >= 4 is 0 Å². The molecule has 2 aromatic carbocycles. The van der Waals surface area contributed by atoms with Gasteiger partial charge in [0.15, 0.2) is 0 Å². The van der Waals surface area contributed by atoms with Crippen molar-refractivity contribution in [3.63, 3.8) is 0 Å². The van der Waals surface area contributed by atoms with Gasteiger partial charge in [0, 0.05) is 12.1 Å². The maximum absolute atomic E-state index is 8.92. The average Bonchev–Trinajstić information content (AvgIpc) is 2.52. The Hall–Kier alpha value is -2.31. The van der Waals surface area contributed by atoms with Gasteiger partial charge in [-0.15, -0.1) is 0 Å². The normalized spacial score (nSPS) is 10.1. The van der Waals surface area contributed by atoms with Gasteiger partial charge >= 0.3 is 0 Å². The maximum Gasteiger partial charge on any atom is 0.124 e. The fourth-order valence-corrected chi connectivity index (χ4v) is 2.14. The summed E-state index contributed by atoms with van der Waals surface area (Å²) in [6, 6.07) is 15.9. The second-order valence-electron chi connectivity index (χ2n) is 4.99. The zero-order chi connectivity index (χ0) is 15.1. The Kier molecular flexibility index (Phi) is 5.36. The van der Waals surface area contributed by atoms with Crippen LogP contribution in [0.5, 0.6) is 5.75 Å². The first-order valence-corrected chi connectivity index (χ1v) is 7.15. The second kappa shape index (κ2) is 7.47. The van der Waals surface area contributed by atoms with E-state index in [1.54, 1.807) is 6.07 Å². The van der Waals surface area contributed by atoms with Crippen LogP contribution < -0.4 is 10.1 Å². The molecule has 0 spiro atoms. The van der Waals surface area contributed by atoms with Crippen molar-refractivity contribution in [1.82, 2.24) is 5.32 Å². The van der Waals surface area contributed by atoms with Crippen LogP contribution in [0.2, 0.25) is 0 Å². The van der Waals surface area contributed by atoms with E-state index in [0.29, 0.717) is 12.2 Å². The topological polar surface area (TPSA) is 45.0 Å². The van der Waals surface area contributed by atoms with Gasteiger partial charge < -0.3 is 10.1 Å². The highest BCUT2D eigenvalue weighted by Crippen LogP contribution is 2.21. The molecule has 0 radical (unpaired) electrons. The van der Waals surface area contributed by atoms with Crippen LogP contribution in [0.1, 0.15) is 29.2 Å². The van der Waals surface area contributed by atoms with E-state index in [0.717, 1.165) is 30.0 Å². The van der Waals surface area contributed by atoms with Crippen LogP contribution in [0.25, 0.3) is 0 Å². The Morgan fingerprint density at radius 3 is 2.81 bits per heavy atom. The number of nitrogens with zero attached hydrogens (tertiary/aromatic N) is 1. The summed E-state index contributed by atoms with van der Waals surface area (Å²) in [7, 11) is 0. The van der Waals surface area contributed by atoms with Crippen molar-refractivity contribution in [3.8, 4) is 11.8 Å². The molecule has 0 atom stereocenters. The first-order chi connectivity index (χ1) is 10.2. The largest absolute Gasteiger partial charge is 0.489 e. The van der Waals surface area contributed by atoms with Gasteiger partial charge in [0.1, 0.15) is 12.4 Å². The van der Waals surface area contributed by atoms with Crippen molar-refractivity contribution in [3.05, 3.63) is 64.7 Å². The Morgan fingerprint density at radius 1 is 1.19 bits per heavy atom. The van der Waals surface area contributed by atoms with Gasteiger partial charge in [-0.3, -0.25) is 0 Å². The minimum absolute atomic E-state index is 0.470. The predicted molar refractivity (Wildman–Crippen MR) is 84.0 cm³/mol. The van der Waals surface area contributed by atoms with E-state index < -0.39 is 0 Å². The van der Waals surface area contributed by atoms with E-state index in [2.05, 4.69) is 37.4 Å². The molecule has 108 valence electrons. The second-order valence-corrected chi connectivity index (χ2v) is 4.99. The molecule has 2 rings (SSSR count). The first kappa shape index (κ1) is 15.1. The summed E-state index contributed by atoms with van der Waals surface area (Å²) >= 11 is 0. The van der Waals surface area contributed by atoms with Crippen LogP contribution in [0, 0.1) is 18.3 Å². The molecule has 0 saturated heterocycles. The molecular formula is C18H20N2O. The number of hydrogen-bond donors (Lipinski definition) is 1. The van der Waals surface area contributed by atoms with Crippen LogP contribution in [0.4, 0.5) is 0 Å². The van der Waals surface area contributed by atoms with Crippen molar-refractivity contribution in [1.29, 1.82) is 5.26 Å². The third-order valence-electron chi connectivity index (χ3n) is 3.23. The number of aryl methyl sites for hydroxylation is 1. The van der Waals surface area contributed by atoms with E-state index in [9.17, 15) is 0 Å². The molecule has 0 aliphatic heterocycles. The van der Waals surface area contributed by atoms with Crippen molar-refractivity contribution in [2.24, 2.45) is 0 Å². The van der Waals surface area contributed by atoms with Gasteiger partial charge in [-0.1, -0.05) is 36.8 Å². The summed E-state index contributed by atoms with van der Waals surface area (Å²) in [4.78, 5) is 0. The van der Waals surface area contributed by atoms with Crippen molar-refractivity contribution in [2.45, 2.75) is 27.0 Å². The number of nitriles is 1. The third-order valence-corrected chi connectivity index (χ3v) is 3.23. The summed E-state index contributed by atoms with van der Waals surface area (Å²) in [5.41, 5.74) is 4.05. The van der Waals surface area contributed by atoms with Gasteiger partial charge in [-0.05, 0) is 37.2 Å². The molecule has 0 aliphatic rings. The minimum Gasteiger partial charge on any atom is -0.489 e. The Morgan fingerprint density at radius 2 is 2.05 bits per heavy atom. The maximum atomic E-state index is 8.92. The molecule has 0 bridgehead atoms. The summed E-state index contributed by atoms with van der Waals surface area (Å²) in [5, 5.41) is 12.2. The highest BCUT2D eigenvalue weighted by Gasteiger charge is 2.05. The van der Waals surface area contributed by atoms with Gasteiger partial charge in [0.25, 0.3) is 0 Å². The SMILES string of the molecule is CCNCc1cc(C)ccc1OCc1cccc(C#N)c1. The molecule has 2 aromatic rings. The van der Waals surface area contributed by atoms with Gasteiger partial charge in [-0.25, -0.2) is 0 Å². The molecule has 0 aliphatic carbocycles. The molecular weight excluding hydrogens is 260 g/mol. The lowest BCUT2D eigenvalue weighted by atomic mass is 10.1. The van der Waals surface area contributed by atoms with E-state index in [1.165, 1.54) is 5.56 Å². The molecule has 0 unspecified atom stereocenters. The smallest absolute Gasteiger partial charge is 0.124 e. The highest BCUT2D eigenvalue weighted by atomic mass is 16.5. The average molecular weight is 280 g/mol. The Balaban J connectivity index is 2.10. The summed E-state index contributed by atoms with van der Waals surface area (Å²) in [6.45, 7) is 6.36. The lowest BCUT2D eigenvalue weighted by Gasteiger charge is -2.13. The van der Waals surface area contributed by atoms with Crippen LogP contribution in [0.15, 0.2) is 42.5 Å². The van der Waals surface area contributed by atoms with Crippen molar-refractivity contribution < 1.29 is 4.74 Å². The minimum atomic E-state index is 0.470. The van der Waals surface area contributed by atoms with Gasteiger partial charge in [-0.2, -0.15) is 5.26 Å². The Labute approximate surface area is 126 Å². The molecule has 3 nitrogen and oxygen atoms in total. The summed E-state index contributed by atoms with van der Waals surface area (Å²) in [5.74, 6) is 0.893. The monoisotopic (exact) mass is 280 g/mol. The number of rotatable bonds is 6. The van der Waals surface area contributed by atoms with Gasteiger partial charge in [0.05, 0.1) is 11.6 Å². The molecule has 0 heterocycles. The molecule has 0 amide bonds. The van der Waals surface area contributed by atoms with Crippen molar-refractivity contribution in [2.75, 3.05) is 6.54 Å². The number of nitrogens with one attached hydrogen (secondary N) is 1. The molecule has 0 fully saturated rings. The Bertz CT molecular complexity index is 644. The third kappa shape index (κ3) is 4.34. The van der Waals surface area contributed by atoms with E-state index >= 15 is 0 Å². The van der Waals surface area contributed by atoms with E-state index in [1.807, 2.05) is 24.3 Å². The number of benzene rings is 2. The lowest BCUT2D eigenvalue weighted by Crippen LogP contribution is -2.13. The standard InChI is InChI=1S/C18H20N2O/c1-3-20-12-17-9-14(2)7-8-18(17)21-13-16-6-4-5-15(10-16)11-19/h4-10,20H,3,12-13H2,1-2H3.